The molecule has 3 heterocycles. The Balaban J connectivity index is 1.84. The van der Waals surface area contributed by atoms with Gasteiger partial charge >= 0.3 is 6.18 Å². The maximum atomic E-state index is 13.0. The van der Waals surface area contributed by atoms with Gasteiger partial charge in [-0.1, -0.05) is 37.5 Å². The Morgan fingerprint density at radius 2 is 2.03 bits per heavy atom. The summed E-state index contributed by atoms with van der Waals surface area (Å²) in [5, 5.41) is 13.8. The van der Waals surface area contributed by atoms with Crippen LogP contribution in [0.2, 0.25) is 5.02 Å². The molecule has 2 atom stereocenters. The number of piperidine rings is 1. The molecule has 6 nitrogen and oxygen atoms in total. The molecular weight excluding hydrogens is 423 g/mol. The van der Waals surface area contributed by atoms with Crippen LogP contribution >= 0.6 is 11.6 Å². The second kappa shape index (κ2) is 8.19. The van der Waals surface area contributed by atoms with Crippen LogP contribution in [0.1, 0.15) is 50.6 Å². The van der Waals surface area contributed by atoms with Crippen molar-refractivity contribution in [2.75, 3.05) is 11.4 Å². The third-order valence-corrected chi connectivity index (χ3v) is 5.30. The Morgan fingerprint density at radius 3 is 2.60 bits per heavy atom. The first-order valence-corrected chi connectivity index (χ1v) is 9.90. The Kier molecular flexibility index (Phi) is 6.15. The highest BCUT2D eigenvalue weighted by Gasteiger charge is 2.37. The lowest BCUT2D eigenvalue weighted by Gasteiger charge is -2.38. The molecule has 1 fully saturated rings. The summed E-state index contributed by atoms with van der Waals surface area (Å²) < 4.78 is 44.0. The van der Waals surface area contributed by atoms with Gasteiger partial charge in [0.1, 0.15) is 11.6 Å². The van der Waals surface area contributed by atoms with Gasteiger partial charge in [0.05, 0.1) is 34.8 Å². The van der Waals surface area contributed by atoms with Crippen LogP contribution < -0.4 is 4.90 Å². The van der Waals surface area contributed by atoms with Crippen molar-refractivity contribution < 1.29 is 27.6 Å². The highest BCUT2D eigenvalue weighted by molar-refractivity contribution is 6.33. The van der Waals surface area contributed by atoms with Crippen molar-refractivity contribution in [3.63, 3.8) is 0 Å². The van der Waals surface area contributed by atoms with Crippen LogP contribution in [0.25, 0.3) is 0 Å². The predicted molar refractivity (Wildman–Crippen MR) is 105 cm³/mol. The Labute approximate surface area is 177 Å². The number of Topliss-reactive ketones (excluding diaryl/α,β-unsaturated/α-hetero) is 1. The highest BCUT2D eigenvalue weighted by atomic mass is 35.5. The molecule has 0 saturated carbocycles. The molecule has 0 radical (unpaired) electrons. The van der Waals surface area contributed by atoms with E-state index in [1.165, 1.54) is 0 Å². The first-order valence-electron chi connectivity index (χ1n) is 9.52. The second-order valence-electron chi connectivity index (χ2n) is 8.49. The molecule has 2 aromatic heterocycles. The van der Waals surface area contributed by atoms with Gasteiger partial charge in [-0.25, -0.2) is 4.98 Å². The van der Waals surface area contributed by atoms with Gasteiger partial charge < -0.3 is 14.5 Å². The largest absolute Gasteiger partial charge is 0.417 e. The Hall–Kier alpha value is -2.13. The number of hydrogen-bond donors (Lipinski definition) is 1. The molecular formula is C20H23ClF3N3O3. The summed E-state index contributed by atoms with van der Waals surface area (Å²) in [5.41, 5.74) is -0.774. The molecule has 0 unspecified atom stereocenters. The van der Waals surface area contributed by atoms with Crippen LogP contribution in [-0.4, -0.2) is 39.7 Å². The van der Waals surface area contributed by atoms with E-state index < -0.39 is 23.9 Å². The van der Waals surface area contributed by atoms with E-state index >= 15 is 0 Å². The van der Waals surface area contributed by atoms with Crippen LogP contribution in [0, 0.1) is 0 Å². The molecule has 1 saturated heterocycles. The molecule has 3 rings (SSSR count). The molecule has 0 aromatic carbocycles. The number of alkyl halides is 3. The summed E-state index contributed by atoms with van der Waals surface area (Å²) >= 11 is 6.08. The van der Waals surface area contributed by atoms with E-state index in [1.54, 1.807) is 11.0 Å². The van der Waals surface area contributed by atoms with Gasteiger partial charge in [-0.15, -0.1) is 0 Å². The monoisotopic (exact) mass is 445 g/mol. The number of pyridine rings is 1. The summed E-state index contributed by atoms with van der Waals surface area (Å²) in [6, 6.07) is 1.72. The number of aromatic nitrogens is 2. The van der Waals surface area contributed by atoms with Crippen LogP contribution in [0.3, 0.4) is 0 Å². The fourth-order valence-corrected chi connectivity index (χ4v) is 3.62. The number of carbonyl (C=O) groups excluding carboxylic acids is 1. The SMILES string of the molecule is CC(C)(C)c1cc(CC(=O)[C@@H]2C[C@@H](O)CCN2c2ncc(C(F)(F)F)cc2Cl)no1. The smallest absolute Gasteiger partial charge is 0.393 e. The average Bonchev–Trinajstić information content (AvgIpc) is 3.10. The lowest BCUT2D eigenvalue weighted by molar-refractivity contribution is -0.137. The fraction of sp³-hybridized carbons (Fsp3) is 0.550. The minimum absolute atomic E-state index is 0.0360. The number of carbonyl (C=O) groups is 1. The fourth-order valence-electron chi connectivity index (χ4n) is 3.35. The zero-order chi connectivity index (χ0) is 22.3. The number of hydrogen-bond acceptors (Lipinski definition) is 6. The lowest BCUT2D eigenvalue weighted by Crippen LogP contribution is -2.50. The van der Waals surface area contributed by atoms with E-state index in [9.17, 15) is 23.1 Å². The first-order chi connectivity index (χ1) is 13.9. The Morgan fingerprint density at radius 1 is 1.33 bits per heavy atom. The number of aliphatic hydroxyl groups excluding tert-OH is 1. The number of aliphatic hydroxyl groups is 1. The third kappa shape index (κ3) is 4.95. The zero-order valence-electron chi connectivity index (χ0n) is 16.8. The quantitative estimate of drug-likeness (QED) is 0.760. The normalized spacial score (nSPS) is 20.5. The minimum atomic E-state index is -4.57. The molecule has 0 aliphatic carbocycles. The van der Waals surface area contributed by atoms with Gasteiger partial charge in [0.2, 0.25) is 0 Å². The van der Waals surface area contributed by atoms with Gasteiger partial charge in [0.25, 0.3) is 0 Å². The maximum absolute atomic E-state index is 13.0. The van der Waals surface area contributed by atoms with E-state index in [2.05, 4.69) is 10.1 Å². The van der Waals surface area contributed by atoms with Crippen molar-refractivity contribution in [1.29, 1.82) is 0 Å². The number of ketones is 1. The first kappa shape index (κ1) is 22.6. The number of rotatable bonds is 4. The van der Waals surface area contributed by atoms with Gasteiger partial charge in [0.15, 0.2) is 5.78 Å². The molecule has 0 amide bonds. The highest BCUT2D eigenvalue weighted by Crippen LogP contribution is 2.35. The van der Waals surface area contributed by atoms with Gasteiger partial charge in [0, 0.05) is 30.6 Å². The van der Waals surface area contributed by atoms with Crippen LogP contribution in [0.15, 0.2) is 22.9 Å². The van der Waals surface area contributed by atoms with E-state index in [0.29, 0.717) is 24.1 Å². The second-order valence-corrected chi connectivity index (χ2v) is 8.90. The Bertz CT molecular complexity index is 924. The summed E-state index contributed by atoms with van der Waals surface area (Å²) in [7, 11) is 0. The number of halogens is 4. The van der Waals surface area contributed by atoms with Crippen molar-refractivity contribution in [2.45, 2.75) is 63.8 Å². The number of anilines is 1. The average molecular weight is 446 g/mol. The zero-order valence-corrected chi connectivity index (χ0v) is 17.6. The van der Waals surface area contributed by atoms with E-state index in [0.717, 1.165) is 6.07 Å². The molecule has 0 bridgehead atoms. The summed E-state index contributed by atoms with van der Waals surface area (Å²) in [6.07, 6.45) is -4.14. The molecule has 30 heavy (non-hydrogen) atoms. The van der Waals surface area contributed by atoms with Gasteiger partial charge in [-0.05, 0) is 12.5 Å². The molecule has 164 valence electrons. The molecule has 1 N–H and O–H groups in total. The van der Waals surface area contributed by atoms with Gasteiger partial charge in [-0.2, -0.15) is 13.2 Å². The topological polar surface area (TPSA) is 79.5 Å². The molecule has 1 aliphatic rings. The van der Waals surface area contributed by atoms with Crippen molar-refractivity contribution in [1.82, 2.24) is 10.1 Å². The van der Waals surface area contributed by atoms with Crippen molar-refractivity contribution >= 4 is 23.2 Å². The molecule has 2 aromatic rings. The van der Waals surface area contributed by atoms with Crippen LogP contribution in [-0.2, 0) is 22.8 Å². The summed E-state index contributed by atoms with van der Waals surface area (Å²) in [5.74, 6) is 0.476. The van der Waals surface area contributed by atoms with Gasteiger partial charge in [-0.3, -0.25) is 4.79 Å². The molecule has 1 aliphatic heterocycles. The molecule has 0 spiro atoms. The van der Waals surface area contributed by atoms with E-state index in [-0.39, 0.29) is 41.4 Å². The van der Waals surface area contributed by atoms with Crippen LogP contribution in [0.4, 0.5) is 19.0 Å². The summed E-state index contributed by atoms with van der Waals surface area (Å²) in [6.45, 7) is 6.10. The van der Waals surface area contributed by atoms with Crippen molar-refractivity contribution in [2.24, 2.45) is 0 Å². The number of nitrogens with zero attached hydrogens (tertiary/aromatic N) is 3. The van der Waals surface area contributed by atoms with E-state index in [1.807, 2.05) is 20.8 Å². The lowest BCUT2D eigenvalue weighted by atomic mass is 9.91. The third-order valence-electron chi connectivity index (χ3n) is 5.02. The van der Waals surface area contributed by atoms with Crippen LogP contribution in [0.5, 0.6) is 0 Å². The minimum Gasteiger partial charge on any atom is -0.393 e. The standard InChI is InChI=1S/C20H23ClF3N3O3/c1-19(2,3)17-8-12(26-30-17)7-16(29)15-9-13(28)4-5-27(15)18-14(21)6-11(10-25-18)20(22,23)24/h6,8,10,13,15,28H,4-5,7,9H2,1-3H3/t13-,15-/m0/s1. The maximum Gasteiger partial charge on any atom is 0.417 e. The van der Waals surface area contributed by atoms with Crippen molar-refractivity contribution in [3.05, 3.63) is 40.4 Å². The summed E-state index contributed by atoms with van der Waals surface area (Å²) in [4.78, 5) is 18.4. The predicted octanol–water partition coefficient (Wildman–Crippen LogP) is 4.18. The van der Waals surface area contributed by atoms with Crippen molar-refractivity contribution in [3.8, 4) is 0 Å². The molecule has 10 heteroatoms. The van der Waals surface area contributed by atoms with E-state index in [4.69, 9.17) is 16.1 Å².